The van der Waals surface area contributed by atoms with Gasteiger partial charge in [-0.25, -0.2) is 8.42 Å². The third-order valence-corrected chi connectivity index (χ3v) is 4.59. The molecule has 0 heterocycles. The van der Waals surface area contributed by atoms with E-state index in [4.69, 9.17) is 21.1 Å². The fraction of sp³-hybridized carbons (Fsp3) is 0.533. The molecule has 1 rings (SSSR count). The summed E-state index contributed by atoms with van der Waals surface area (Å²) >= 11 is 6.05. The standard InChI is InChI=1S/C15H23ClN2O5S/c1-10(2)17-15(19)6-7-18(24(5,20)21)12-9-13(22-3)11(16)8-14(12)23-4/h8-10H,6-7H2,1-5H3,(H,17,19). The van der Waals surface area contributed by atoms with Gasteiger partial charge in [-0.15, -0.1) is 0 Å². The Balaban J connectivity index is 3.20. The van der Waals surface area contributed by atoms with Crippen molar-refractivity contribution in [3.05, 3.63) is 17.2 Å². The first-order valence-electron chi connectivity index (χ1n) is 7.28. The Hall–Kier alpha value is -1.67. The van der Waals surface area contributed by atoms with Crippen LogP contribution in [0, 0.1) is 0 Å². The van der Waals surface area contributed by atoms with E-state index in [0.717, 1.165) is 10.6 Å². The molecule has 0 radical (unpaired) electrons. The highest BCUT2D eigenvalue weighted by atomic mass is 35.5. The smallest absolute Gasteiger partial charge is 0.232 e. The number of anilines is 1. The normalized spacial score (nSPS) is 11.3. The van der Waals surface area contributed by atoms with Gasteiger partial charge in [-0.2, -0.15) is 0 Å². The second-order valence-electron chi connectivity index (χ2n) is 5.47. The number of amides is 1. The Bertz CT molecular complexity index is 691. The predicted molar refractivity (Wildman–Crippen MR) is 94.6 cm³/mol. The van der Waals surface area contributed by atoms with Crippen molar-refractivity contribution in [2.24, 2.45) is 0 Å². The first kappa shape index (κ1) is 20.4. The number of methoxy groups -OCH3 is 2. The lowest BCUT2D eigenvalue weighted by Crippen LogP contribution is -2.36. The lowest BCUT2D eigenvalue weighted by molar-refractivity contribution is -0.121. The van der Waals surface area contributed by atoms with E-state index in [2.05, 4.69) is 5.32 Å². The number of nitrogens with zero attached hydrogens (tertiary/aromatic N) is 1. The number of hydrogen-bond acceptors (Lipinski definition) is 5. The van der Waals surface area contributed by atoms with Crippen LogP contribution in [0.1, 0.15) is 20.3 Å². The highest BCUT2D eigenvalue weighted by Gasteiger charge is 2.24. The van der Waals surface area contributed by atoms with Crippen LogP contribution in [0.3, 0.4) is 0 Å². The highest BCUT2D eigenvalue weighted by Crippen LogP contribution is 2.39. The molecule has 0 aliphatic carbocycles. The number of ether oxygens (including phenoxy) is 2. The van der Waals surface area contributed by atoms with E-state index in [-0.39, 0.29) is 36.4 Å². The van der Waals surface area contributed by atoms with Crippen molar-refractivity contribution >= 4 is 33.2 Å². The van der Waals surface area contributed by atoms with Crippen molar-refractivity contribution in [1.29, 1.82) is 0 Å². The van der Waals surface area contributed by atoms with Gasteiger partial charge in [0.1, 0.15) is 11.5 Å². The molecule has 9 heteroatoms. The molecule has 1 aromatic rings. The van der Waals surface area contributed by atoms with Gasteiger partial charge in [0.15, 0.2) is 0 Å². The fourth-order valence-electron chi connectivity index (χ4n) is 2.10. The highest BCUT2D eigenvalue weighted by molar-refractivity contribution is 7.92. The van der Waals surface area contributed by atoms with Crippen LogP contribution in [-0.4, -0.2) is 47.4 Å². The van der Waals surface area contributed by atoms with Gasteiger partial charge in [0.05, 0.1) is 31.2 Å². The Morgan fingerprint density at radius 3 is 2.29 bits per heavy atom. The van der Waals surface area contributed by atoms with Crippen molar-refractivity contribution in [1.82, 2.24) is 5.32 Å². The lowest BCUT2D eigenvalue weighted by Gasteiger charge is -2.25. The maximum Gasteiger partial charge on any atom is 0.232 e. The third-order valence-electron chi connectivity index (χ3n) is 3.11. The summed E-state index contributed by atoms with van der Waals surface area (Å²) in [5, 5.41) is 3.02. The molecule has 0 bridgehead atoms. The number of carbonyl (C=O) groups is 1. The largest absolute Gasteiger partial charge is 0.495 e. The number of benzene rings is 1. The van der Waals surface area contributed by atoms with Crippen LogP contribution in [0.4, 0.5) is 5.69 Å². The summed E-state index contributed by atoms with van der Waals surface area (Å²) in [7, 11) is -0.799. The van der Waals surface area contributed by atoms with Gasteiger partial charge in [0, 0.05) is 31.1 Å². The van der Waals surface area contributed by atoms with Gasteiger partial charge < -0.3 is 14.8 Å². The summed E-state index contributed by atoms with van der Waals surface area (Å²) < 4.78 is 35.8. The van der Waals surface area contributed by atoms with E-state index in [9.17, 15) is 13.2 Å². The molecule has 1 aromatic carbocycles. The summed E-state index contributed by atoms with van der Waals surface area (Å²) in [5.41, 5.74) is 0.263. The molecule has 7 nitrogen and oxygen atoms in total. The maximum atomic E-state index is 12.2. The number of sulfonamides is 1. The zero-order valence-corrected chi connectivity index (χ0v) is 16.0. The molecule has 0 unspecified atom stereocenters. The molecule has 0 saturated carbocycles. The Kier molecular flexibility index (Phi) is 7.16. The van der Waals surface area contributed by atoms with Crippen LogP contribution in [0.5, 0.6) is 11.5 Å². The minimum absolute atomic E-state index is 0.0132. The average molecular weight is 379 g/mol. The van der Waals surface area contributed by atoms with Gasteiger partial charge in [-0.05, 0) is 13.8 Å². The maximum absolute atomic E-state index is 12.2. The molecule has 1 N–H and O–H groups in total. The van der Waals surface area contributed by atoms with E-state index in [1.54, 1.807) is 0 Å². The van der Waals surface area contributed by atoms with Gasteiger partial charge >= 0.3 is 0 Å². The minimum Gasteiger partial charge on any atom is -0.495 e. The SMILES string of the molecule is COc1cc(N(CCC(=O)NC(C)C)S(C)(=O)=O)c(OC)cc1Cl. The van der Waals surface area contributed by atoms with E-state index >= 15 is 0 Å². The van der Waals surface area contributed by atoms with Crippen LogP contribution >= 0.6 is 11.6 Å². The van der Waals surface area contributed by atoms with Crippen molar-refractivity contribution in [2.45, 2.75) is 26.3 Å². The third kappa shape index (κ3) is 5.45. The molecule has 136 valence electrons. The minimum atomic E-state index is -3.64. The molecular formula is C15H23ClN2O5S. The first-order chi connectivity index (χ1) is 11.1. The van der Waals surface area contributed by atoms with Crippen LogP contribution in [0.2, 0.25) is 5.02 Å². The molecular weight excluding hydrogens is 356 g/mol. The number of carbonyl (C=O) groups excluding carboxylic acids is 1. The summed E-state index contributed by atoms with van der Waals surface area (Å²) in [5.74, 6) is 0.349. The summed E-state index contributed by atoms with van der Waals surface area (Å²) in [6.45, 7) is 3.64. The van der Waals surface area contributed by atoms with Gasteiger partial charge in [-0.3, -0.25) is 9.10 Å². The van der Waals surface area contributed by atoms with Gasteiger partial charge in [0.2, 0.25) is 15.9 Å². The van der Waals surface area contributed by atoms with Crippen molar-refractivity contribution in [3.8, 4) is 11.5 Å². The van der Waals surface area contributed by atoms with E-state index < -0.39 is 10.0 Å². The number of halogens is 1. The zero-order valence-electron chi connectivity index (χ0n) is 14.4. The quantitative estimate of drug-likeness (QED) is 0.748. The molecule has 0 spiro atoms. The van der Waals surface area contributed by atoms with Crippen molar-refractivity contribution in [3.63, 3.8) is 0 Å². The predicted octanol–water partition coefficient (Wildman–Crippen LogP) is 2.04. The van der Waals surface area contributed by atoms with Crippen LogP contribution in [0.15, 0.2) is 12.1 Å². The molecule has 1 amide bonds. The molecule has 0 aromatic heterocycles. The molecule has 0 fully saturated rings. The number of nitrogens with one attached hydrogen (secondary N) is 1. The second-order valence-corrected chi connectivity index (χ2v) is 7.78. The molecule has 24 heavy (non-hydrogen) atoms. The average Bonchev–Trinajstić information content (AvgIpc) is 2.46. The van der Waals surface area contributed by atoms with Crippen molar-refractivity contribution < 1.29 is 22.7 Å². The molecule has 0 atom stereocenters. The topological polar surface area (TPSA) is 84.9 Å². The zero-order chi connectivity index (χ0) is 18.5. The van der Waals surface area contributed by atoms with E-state index in [0.29, 0.717) is 10.8 Å². The summed E-state index contributed by atoms with van der Waals surface area (Å²) in [6, 6.07) is 2.93. The molecule has 0 aliphatic rings. The lowest BCUT2D eigenvalue weighted by atomic mass is 10.2. The Morgan fingerprint density at radius 2 is 1.83 bits per heavy atom. The van der Waals surface area contributed by atoms with Crippen molar-refractivity contribution in [2.75, 3.05) is 31.3 Å². The summed E-state index contributed by atoms with van der Waals surface area (Å²) in [4.78, 5) is 11.8. The number of rotatable bonds is 8. The molecule has 0 aliphatic heterocycles. The van der Waals surface area contributed by atoms with Crippen LogP contribution in [0.25, 0.3) is 0 Å². The molecule has 0 saturated heterocycles. The number of hydrogen-bond donors (Lipinski definition) is 1. The second kappa shape index (κ2) is 8.43. The van der Waals surface area contributed by atoms with Gasteiger partial charge in [-0.1, -0.05) is 11.6 Å². The van der Waals surface area contributed by atoms with E-state index in [1.165, 1.54) is 26.4 Å². The van der Waals surface area contributed by atoms with Crippen LogP contribution in [-0.2, 0) is 14.8 Å². The summed E-state index contributed by atoms with van der Waals surface area (Å²) in [6.07, 6.45) is 1.08. The van der Waals surface area contributed by atoms with Gasteiger partial charge in [0.25, 0.3) is 0 Å². The Labute approximate surface area is 147 Å². The Morgan fingerprint density at radius 1 is 1.25 bits per heavy atom. The first-order valence-corrected chi connectivity index (χ1v) is 9.51. The van der Waals surface area contributed by atoms with E-state index in [1.807, 2.05) is 13.8 Å². The fourth-order valence-corrected chi connectivity index (χ4v) is 3.26. The monoisotopic (exact) mass is 378 g/mol. The van der Waals surface area contributed by atoms with Crippen LogP contribution < -0.4 is 19.1 Å².